The van der Waals surface area contributed by atoms with Crippen LogP contribution >= 0.6 is 2160 Å². The van der Waals surface area contributed by atoms with Crippen molar-refractivity contribution in [1.82, 2.24) is 0 Å². The monoisotopic (exact) mass is 12600 g/mol. The molecule has 0 rings (SSSR count). The topological polar surface area (TPSA) is 0 Å². The van der Waals surface area contributed by atoms with Gasteiger partial charge in [-0.05, 0) is 0 Å². The molecule has 0 bridgehead atoms. The predicted octanol–water partition coefficient (Wildman–Crippen LogP) is 55.6. The summed E-state index contributed by atoms with van der Waals surface area (Å²) >= 11 is 0. The Hall–Kier alpha value is 73.1. The van der Waals surface area contributed by atoms with Crippen LogP contribution in [0.1, 0.15) is 0 Å². The minimum Gasteiger partial charge on any atom is -0.107 e. The van der Waals surface area contributed by atoms with Crippen LogP contribution in [0.25, 0.3) is 0 Å². The standard InChI is InChI=1S/10Ag.90HI/h;;;;;;;;;;90*1H. The van der Waals surface area contributed by atoms with Crippen LogP contribution < -0.4 is 0 Å². The van der Waals surface area contributed by atoms with E-state index < -0.39 is 0 Å². The molecule has 0 nitrogen and oxygen atoms in total. The van der Waals surface area contributed by atoms with Crippen molar-refractivity contribution in [2.75, 3.05) is 0 Å². The summed E-state index contributed by atoms with van der Waals surface area (Å²) in [5, 5.41) is 0. The molecular weight excluding hydrogens is 12500 g/mol. The molecule has 0 aromatic heterocycles. The molecule has 0 atom stereocenters. The van der Waals surface area contributed by atoms with E-state index in [1.807, 2.05) is 0 Å². The summed E-state index contributed by atoms with van der Waals surface area (Å²) in [4.78, 5) is 0. The normalized spacial score (nSPS) is 0. The van der Waals surface area contributed by atoms with Crippen molar-refractivity contribution in [2.24, 2.45) is 0 Å². The van der Waals surface area contributed by atoms with Gasteiger partial charge in [0.2, 0.25) is 0 Å². The second-order valence-electron chi connectivity index (χ2n) is 0. The molecule has 100 heteroatoms. The van der Waals surface area contributed by atoms with Crippen LogP contribution in [0, 0.1) is 0 Å². The molecule has 0 heterocycles. The van der Waals surface area contributed by atoms with E-state index in [0.29, 0.717) is 0 Å². The van der Waals surface area contributed by atoms with Gasteiger partial charge in [0.25, 0.3) is 0 Å². The second kappa shape index (κ2) is 943. The van der Waals surface area contributed by atoms with Crippen molar-refractivity contribution in [3.05, 3.63) is 0 Å². The Labute approximate surface area is 2300 Å². The van der Waals surface area contributed by atoms with E-state index in [-0.39, 0.29) is 2380 Å². The van der Waals surface area contributed by atoms with Gasteiger partial charge in [-0.15, -0.1) is 2160 Å². The largest absolute Gasteiger partial charge is 0.107 e. The SMILES string of the molecule is I.I.I.I.I.I.I.I.I.I.I.I.I.I.I.I.I.I.I.I.I.I.I.I.I.I.I.I.I.I.I.I.I.I.I.I.I.I.I.I.I.I.I.I.I.I.I.I.I.I.I.I.I.I.I.I.I.I.I.I.I.I.I.I.I.I.I.I.I.I.I.I.I.I.I.I.I.I.I.I.I.I.I.I.I.I.I.I.I.I.[Ag].[Ag].[Ag].[Ag].[Ag].[Ag].[Ag].[Ag].[Ag].[Ag]. The quantitative estimate of drug-likeness (QED) is 0.168. The van der Waals surface area contributed by atoms with Gasteiger partial charge in [0.05, 0.1) is 0 Å². The summed E-state index contributed by atoms with van der Waals surface area (Å²) in [5.74, 6) is 0. The summed E-state index contributed by atoms with van der Waals surface area (Å²) in [6.07, 6.45) is 0. The van der Waals surface area contributed by atoms with Gasteiger partial charge in [-0.3, -0.25) is 0 Å². The maximum Gasteiger partial charge on any atom is 0 e. The van der Waals surface area contributed by atoms with Crippen molar-refractivity contribution in [3.63, 3.8) is 0 Å². The first-order valence-electron chi connectivity index (χ1n) is 0. The van der Waals surface area contributed by atoms with Crippen molar-refractivity contribution >= 4 is 2160 Å². The average molecular weight is 12600 g/mol. The molecule has 0 N–H and O–H groups in total. The number of halogens is 90. The summed E-state index contributed by atoms with van der Waals surface area (Å²) in [5.41, 5.74) is 0. The molecular formula is H90Ag10I90. The third kappa shape index (κ3) is 926. The van der Waals surface area contributed by atoms with E-state index in [1.165, 1.54) is 0 Å². The van der Waals surface area contributed by atoms with Gasteiger partial charge in [-0.25, -0.2) is 0 Å². The Morgan fingerprint density at radius 1 is 0.0200 bits per heavy atom. The Morgan fingerprint density at radius 3 is 0.0200 bits per heavy atom. The average Bonchev–Trinajstić information content (AvgIpc) is 0. The molecule has 0 amide bonds. The van der Waals surface area contributed by atoms with Gasteiger partial charge in [0.15, 0.2) is 0 Å². The zero-order valence-electron chi connectivity index (χ0n) is 39.8. The van der Waals surface area contributed by atoms with Crippen molar-refractivity contribution in [3.8, 4) is 0 Å². The van der Waals surface area contributed by atoms with Gasteiger partial charge in [-0.1, -0.05) is 0 Å². The molecule has 0 spiro atoms. The van der Waals surface area contributed by atoms with Gasteiger partial charge >= 0.3 is 0 Å². The zero-order valence-corrected chi connectivity index (χ0v) is 264. The minimum absolute atomic E-state index is 0. The van der Waals surface area contributed by atoms with Crippen LogP contribution in [0.5, 0.6) is 0 Å². The number of rotatable bonds is 0. The van der Waals surface area contributed by atoms with Gasteiger partial charge in [0, 0.05) is 224 Å². The predicted molar refractivity (Wildman–Crippen MR) is 1390 cm³/mol. The van der Waals surface area contributed by atoms with Crippen LogP contribution in [0.2, 0.25) is 0 Å². The van der Waals surface area contributed by atoms with Crippen LogP contribution in [-0.4, -0.2) is 0 Å². The molecule has 0 saturated carbocycles. The van der Waals surface area contributed by atoms with Crippen molar-refractivity contribution < 1.29 is 224 Å². The summed E-state index contributed by atoms with van der Waals surface area (Å²) in [7, 11) is 0. The third-order valence-electron chi connectivity index (χ3n) is 0. The summed E-state index contributed by atoms with van der Waals surface area (Å²) in [6.45, 7) is 0. The van der Waals surface area contributed by atoms with Crippen LogP contribution in [0.15, 0.2) is 0 Å². The molecule has 0 aromatic carbocycles. The molecule has 0 aliphatic rings. The minimum atomic E-state index is 0. The molecule has 0 fully saturated rings. The third-order valence-corrected chi connectivity index (χ3v) is 0. The number of hydrogen-bond donors (Lipinski definition) is 0. The summed E-state index contributed by atoms with van der Waals surface area (Å²) < 4.78 is 0. The van der Waals surface area contributed by atoms with E-state index in [4.69, 9.17) is 0 Å². The van der Waals surface area contributed by atoms with E-state index in [0.717, 1.165) is 0 Å². The maximum atomic E-state index is 0. The molecule has 100 heavy (non-hydrogen) atoms. The van der Waals surface area contributed by atoms with Crippen molar-refractivity contribution in [1.29, 1.82) is 0 Å². The van der Waals surface area contributed by atoms with Crippen LogP contribution in [0.4, 0.5) is 0 Å². The molecule has 0 aliphatic carbocycles. The van der Waals surface area contributed by atoms with E-state index in [9.17, 15) is 0 Å². The first-order chi connectivity index (χ1) is 0. The van der Waals surface area contributed by atoms with Crippen LogP contribution in [-0.2, 0) is 224 Å². The Bertz CT molecular complexity index is 46.9. The smallest absolute Gasteiger partial charge is 0 e. The maximum absolute atomic E-state index is 0. The Kier molecular flexibility index (Phi) is 9050. The van der Waals surface area contributed by atoms with Crippen LogP contribution in [0.3, 0.4) is 0 Å². The van der Waals surface area contributed by atoms with Gasteiger partial charge in [-0.2, -0.15) is 0 Å². The molecule has 830 valence electrons. The fraction of sp³-hybridized carbons (Fsp3) is 0. The molecule has 0 aliphatic heterocycles. The fourth-order valence-corrected chi connectivity index (χ4v) is 0. The summed E-state index contributed by atoms with van der Waals surface area (Å²) in [6, 6.07) is 0. The Balaban J connectivity index is 0. The van der Waals surface area contributed by atoms with Gasteiger partial charge < -0.3 is 0 Å². The molecule has 0 unspecified atom stereocenters. The van der Waals surface area contributed by atoms with Crippen molar-refractivity contribution in [2.45, 2.75) is 0 Å². The first kappa shape index (κ1) is 959. The zero-order chi connectivity index (χ0) is 0. The number of hydrogen-bond acceptors (Lipinski definition) is 0. The molecule has 10 radical (unpaired) electrons. The Morgan fingerprint density at radius 2 is 0.0200 bits per heavy atom. The van der Waals surface area contributed by atoms with E-state index >= 15 is 0 Å². The molecule has 0 saturated heterocycles. The second-order valence-corrected chi connectivity index (χ2v) is 0. The van der Waals surface area contributed by atoms with E-state index in [1.54, 1.807) is 0 Å². The fourth-order valence-electron chi connectivity index (χ4n) is 0. The molecule has 0 aromatic rings. The van der Waals surface area contributed by atoms with Gasteiger partial charge in [0.1, 0.15) is 0 Å². The van der Waals surface area contributed by atoms with E-state index in [2.05, 4.69) is 0 Å². The first-order valence-corrected chi connectivity index (χ1v) is 0.